The Morgan fingerprint density at radius 1 is 0.583 bits per heavy atom. The molecule has 6 aromatic rings. The van der Waals surface area contributed by atoms with Crippen LogP contribution in [0.4, 0.5) is 17.1 Å². The van der Waals surface area contributed by atoms with Crippen LogP contribution in [0.3, 0.4) is 0 Å². The maximum Gasteiger partial charge on any atom is 0.134 e. The number of nitrogens with zero attached hydrogens (tertiary/aromatic N) is 1. The molecule has 0 N–H and O–H groups in total. The maximum absolute atomic E-state index is 9.59. The highest BCUT2D eigenvalue weighted by atomic mass is 79.9. The van der Waals surface area contributed by atoms with E-state index in [9.17, 15) is 5.48 Å². The summed E-state index contributed by atoms with van der Waals surface area (Å²) in [4.78, 5) is 1.69. The van der Waals surface area contributed by atoms with Crippen LogP contribution in [0.2, 0.25) is 0 Å². The molecule has 0 atom stereocenters. The number of benzene rings is 6. The predicted molar refractivity (Wildman–Crippen MR) is 204 cm³/mol. The Morgan fingerprint density at radius 3 is 1.77 bits per heavy atom. The fourth-order valence-corrected chi connectivity index (χ4v) is 6.27. The van der Waals surface area contributed by atoms with Crippen LogP contribution < -0.4 is 14.4 Å². The van der Waals surface area contributed by atoms with Crippen molar-refractivity contribution < 1.29 is 20.4 Å². The Morgan fingerprint density at radius 2 is 1.17 bits per heavy atom. The lowest BCUT2D eigenvalue weighted by molar-refractivity contribution is 0.427. The van der Waals surface area contributed by atoms with Crippen molar-refractivity contribution in [1.29, 1.82) is 0 Å². The highest BCUT2D eigenvalue weighted by Gasteiger charge is 2.28. The summed E-state index contributed by atoms with van der Waals surface area (Å²) in [6.45, 7) is 11.7. The standard InChI is InChI=1S/C44H40BrNO2/c1-43(2,3)38-22-20-32-27-40(38)48-41-28-34(21-23-39(41)44(4,5)6)47-35-25-31(45)24-33(26-35)46(32)42-36(29-14-9-7-10-15-29)18-13-19-37(42)30-16-11-8-12-17-30/h7-28H,1-6H3/i13D,18D,19D,21D,22D,23D,24D,25D. The van der Waals surface area contributed by atoms with Crippen LogP contribution in [-0.4, -0.2) is 0 Å². The lowest BCUT2D eigenvalue weighted by atomic mass is 9.85. The molecular formula is C44H40BrNO2. The second-order valence-electron chi connectivity index (χ2n) is 13.8. The highest BCUT2D eigenvalue weighted by molar-refractivity contribution is 9.10. The van der Waals surface area contributed by atoms with Gasteiger partial charge in [-0.15, -0.1) is 0 Å². The Hall–Kier alpha value is -4.80. The molecule has 0 fully saturated rings. The van der Waals surface area contributed by atoms with Gasteiger partial charge in [0.2, 0.25) is 0 Å². The fourth-order valence-electron chi connectivity index (χ4n) is 5.87. The van der Waals surface area contributed by atoms with Crippen LogP contribution >= 0.6 is 15.9 Å². The van der Waals surface area contributed by atoms with E-state index in [1.54, 1.807) is 23.1 Å². The monoisotopic (exact) mass is 701 g/mol. The molecular weight excluding hydrogens is 654 g/mol. The summed E-state index contributed by atoms with van der Waals surface area (Å²) in [6.07, 6.45) is 0. The third-order valence-electron chi connectivity index (χ3n) is 8.08. The molecule has 6 aromatic carbocycles. The normalized spacial score (nSPS) is 15.1. The molecule has 48 heavy (non-hydrogen) atoms. The van der Waals surface area contributed by atoms with Gasteiger partial charge in [-0.05, 0) is 46.2 Å². The minimum atomic E-state index is -0.654. The molecule has 0 saturated carbocycles. The summed E-state index contributed by atoms with van der Waals surface area (Å²) >= 11 is 3.49. The summed E-state index contributed by atoms with van der Waals surface area (Å²) in [5.74, 6) is 0.467. The van der Waals surface area contributed by atoms with Gasteiger partial charge in [-0.3, -0.25) is 0 Å². The Labute approximate surface area is 304 Å². The molecule has 1 heterocycles. The third-order valence-corrected chi connectivity index (χ3v) is 8.48. The number of hydrogen-bond acceptors (Lipinski definition) is 3. The molecule has 6 bridgehead atoms. The third kappa shape index (κ3) is 6.25. The van der Waals surface area contributed by atoms with Crippen LogP contribution in [0.25, 0.3) is 22.3 Å². The Bertz CT molecular complexity index is 2480. The van der Waals surface area contributed by atoms with Gasteiger partial charge in [0.25, 0.3) is 0 Å². The molecule has 0 unspecified atom stereocenters. The van der Waals surface area contributed by atoms with E-state index in [0.29, 0.717) is 50.5 Å². The first-order valence-electron chi connectivity index (χ1n) is 19.8. The molecule has 0 saturated heterocycles. The quantitative estimate of drug-likeness (QED) is 0.183. The van der Waals surface area contributed by atoms with E-state index in [1.807, 2.05) is 102 Å². The summed E-state index contributed by atoms with van der Waals surface area (Å²) < 4.78 is 87.6. The van der Waals surface area contributed by atoms with Gasteiger partial charge >= 0.3 is 0 Å². The van der Waals surface area contributed by atoms with Crippen molar-refractivity contribution in [2.24, 2.45) is 0 Å². The van der Waals surface area contributed by atoms with E-state index in [1.165, 1.54) is 6.07 Å². The van der Waals surface area contributed by atoms with Gasteiger partial charge in [0.15, 0.2) is 0 Å². The maximum atomic E-state index is 9.59. The first-order valence-corrected chi connectivity index (χ1v) is 16.6. The Balaban J connectivity index is 1.74. The molecule has 240 valence electrons. The number of para-hydroxylation sites is 1. The number of hydrogen-bond donors (Lipinski definition) is 0. The topological polar surface area (TPSA) is 21.7 Å². The fraction of sp³-hybridized carbons (Fsp3) is 0.182. The van der Waals surface area contributed by atoms with Crippen molar-refractivity contribution in [3.63, 3.8) is 0 Å². The van der Waals surface area contributed by atoms with Crippen LogP contribution in [0, 0.1) is 0 Å². The highest BCUT2D eigenvalue weighted by Crippen LogP contribution is 2.50. The zero-order valence-corrected chi connectivity index (χ0v) is 29.3. The number of anilines is 3. The van der Waals surface area contributed by atoms with Crippen LogP contribution in [0.5, 0.6) is 23.0 Å². The molecule has 1 aliphatic heterocycles. The minimum absolute atomic E-state index is 0.0368. The van der Waals surface area contributed by atoms with Crippen LogP contribution in [0.15, 0.2) is 138 Å². The lowest BCUT2D eigenvalue weighted by Gasteiger charge is -2.33. The summed E-state index contributed by atoms with van der Waals surface area (Å²) in [7, 11) is 0. The lowest BCUT2D eigenvalue weighted by Crippen LogP contribution is -2.17. The van der Waals surface area contributed by atoms with E-state index in [-0.39, 0.29) is 75.7 Å². The zero-order chi connectivity index (χ0) is 40.6. The summed E-state index contributed by atoms with van der Waals surface area (Å²) in [5.41, 5.74) is 2.35. The number of fused-ring (bicyclic) bond motifs is 6. The van der Waals surface area contributed by atoms with E-state index < -0.39 is 10.8 Å². The molecule has 1 aliphatic rings. The van der Waals surface area contributed by atoms with E-state index >= 15 is 0 Å². The van der Waals surface area contributed by atoms with Crippen LogP contribution in [-0.2, 0) is 10.8 Å². The number of ether oxygens (including phenoxy) is 2. The Kier molecular flexibility index (Phi) is 6.04. The summed E-state index contributed by atoms with van der Waals surface area (Å²) in [5, 5.41) is 0. The molecule has 3 nitrogen and oxygen atoms in total. The second-order valence-corrected chi connectivity index (χ2v) is 14.6. The van der Waals surface area contributed by atoms with Gasteiger partial charge in [-0.1, -0.05) is 148 Å². The van der Waals surface area contributed by atoms with Gasteiger partial charge in [-0.2, -0.15) is 0 Å². The second kappa shape index (κ2) is 12.3. The van der Waals surface area contributed by atoms with Crippen LogP contribution in [0.1, 0.15) is 63.6 Å². The first-order chi connectivity index (χ1) is 26.3. The molecule has 0 radical (unpaired) electrons. The molecule has 7 rings (SSSR count). The number of rotatable bonds is 3. The van der Waals surface area contributed by atoms with Gasteiger partial charge in [0, 0.05) is 50.6 Å². The smallest absolute Gasteiger partial charge is 0.134 e. The van der Waals surface area contributed by atoms with Gasteiger partial charge in [0.1, 0.15) is 23.0 Å². The zero-order valence-electron chi connectivity index (χ0n) is 35.7. The minimum Gasteiger partial charge on any atom is -0.457 e. The number of halogens is 1. The van der Waals surface area contributed by atoms with Gasteiger partial charge in [-0.25, -0.2) is 0 Å². The SMILES string of the molecule is [2H]c1cc2cc(c1C(C)(C)C)Oc1cc(c([2H])c([2H])c1C(C)(C)C)Oc1cc(c([2H])c(Br)c1[2H])N2c1c(-c2ccccc2)c([2H])c([2H])c([2H])c1-c1ccccc1. The van der Waals surface area contributed by atoms with Crippen molar-refractivity contribution in [2.75, 3.05) is 4.90 Å². The molecule has 0 aliphatic carbocycles. The molecule has 4 heteroatoms. The van der Waals surface area contributed by atoms with E-state index in [0.717, 1.165) is 0 Å². The molecule has 0 amide bonds. The van der Waals surface area contributed by atoms with Gasteiger partial charge in [0.05, 0.1) is 22.3 Å². The van der Waals surface area contributed by atoms with Gasteiger partial charge < -0.3 is 14.4 Å². The summed E-state index contributed by atoms with van der Waals surface area (Å²) in [6, 6.07) is 23.6. The van der Waals surface area contributed by atoms with Crippen molar-refractivity contribution in [1.82, 2.24) is 0 Å². The predicted octanol–water partition coefficient (Wildman–Crippen LogP) is 13.7. The van der Waals surface area contributed by atoms with E-state index in [2.05, 4.69) is 15.9 Å². The average molecular weight is 703 g/mol. The van der Waals surface area contributed by atoms with Crippen molar-refractivity contribution >= 4 is 33.0 Å². The first kappa shape index (κ1) is 23.5. The molecule has 0 aromatic heterocycles. The van der Waals surface area contributed by atoms with Crippen molar-refractivity contribution in [3.8, 4) is 45.3 Å². The largest absolute Gasteiger partial charge is 0.457 e. The van der Waals surface area contributed by atoms with Crippen molar-refractivity contribution in [3.05, 3.63) is 149 Å². The van der Waals surface area contributed by atoms with Crippen molar-refractivity contribution in [2.45, 2.75) is 52.4 Å². The molecule has 0 spiro atoms. The van der Waals surface area contributed by atoms with E-state index in [4.69, 9.17) is 15.0 Å². The average Bonchev–Trinajstić information content (AvgIpc) is 3.13.